The number of nitrogens with two attached hydrogens (primary N) is 1. The summed E-state index contributed by atoms with van der Waals surface area (Å²) in [5.41, 5.74) is 11.8. The van der Waals surface area contributed by atoms with Crippen molar-refractivity contribution >= 4 is 11.4 Å². The molecule has 1 aliphatic rings. The minimum atomic E-state index is 0.654. The summed E-state index contributed by atoms with van der Waals surface area (Å²) >= 11 is 0. The van der Waals surface area contributed by atoms with Crippen molar-refractivity contribution < 1.29 is 4.74 Å². The number of ether oxygens (including phenoxy) is 1. The molecular weight excluding hydrogens is 236 g/mol. The molecule has 2 aromatic carbocycles. The summed E-state index contributed by atoms with van der Waals surface area (Å²) in [6, 6.07) is 14.7. The molecule has 0 aliphatic carbocycles. The number of methoxy groups -OCH3 is 1. The van der Waals surface area contributed by atoms with Gasteiger partial charge in [-0.2, -0.15) is 0 Å². The zero-order chi connectivity index (χ0) is 13.2. The van der Waals surface area contributed by atoms with E-state index in [9.17, 15) is 0 Å². The van der Waals surface area contributed by atoms with Crippen LogP contribution in [0.15, 0.2) is 42.5 Å². The number of hydrogen-bond donors (Lipinski definition) is 1. The summed E-state index contributed by atoms with van der Waals surface area (Å²) in [6.07, 6.45) is 0. The number of nitrogen functional groups attached to an aromatic ring is 1. The molecule has 0 spiro atoms. The lowest BCUT2D eigenvalue weighted by Gasteiger charge is -2.18. The van der Waals surface area contributed by atoms with Gasteiger partial charge in [0.15, 0.2) is 0 Å². The Morgan fingerprint density at radius 2 is 1.95 bits per heavy atom. The maximum atomic E-state index is 5.84. The van der Waals surface area contributed by atoms with Crippen molar-refractivity contribution in [3.63, 3.8) is 0 Å². The average molecular weight is 254 g/mol. The van der Waals surface area contributed by atoms with Crippen molar-refractivity contribution in [2.45, 2.75) is 19.7 Å². The molecule has 3 heteroatoms. The van der Waals surface area contributed by atoms with Crippen LogP contribution in [-0.2, 0) is 24.4 Å². The van der Waals surface area contributed by atoms with Crippen LogP contribution in [0, 0.1) is 0 Å². The number of hydrogen-bond acceptors (Lipinski definition) is 3. The Morgan fingerprint density at radius 1 is 1.11 bits per heavy atom. The van der Waals surface area contributed by atoms with E-state index in [1.54, 1.807) is 7.11 Å². The first-order valence-electron chi connectivity index (χ1n) is 6.46. The van der Waals surface area contributed by atoms with E-state index in [1.165, 1.54) is 22.4 Å². The number of benzene rings is 2. The third kappa shape index (κ3) is 2.42. The van der Waals surface area contributed by atoms with E-state index >= 15 is 0 Å². The number of rotatable bonds is 3. The highest BCUT2D eigenvalue weighted by molar-refractivity contribution is 5.56. The van der Waals surface area contributed by atoms with Crippen LogP contribution in [-0.4, -0.2) is 7.11 Å². The number of anilines is 2. The van der Waals surface area contributed by atoms with E-state index in [1.807, 2.05) is 6.07 Å². The molecule has 3 rings (SSSR count). The molecule has 0 bridgehead atoms. The van der Waals surface area contributed by atoms with Crippen LogP contribution >= 0.6 is 0 Å². The third-order valence-corrected chi connectivity index (χ3v) is 3.54. The zero-order valence-corrected chi connectivity index (χ0v) is 11.1. The van der Waals surface area contributed by atoms with Crippen molar-refractivity contribution in [1.82, 2.24) is 0 Å². The SMILES string of the molecule is COCc1cccc(N2Cc3ccc(N)cc3C2)c1. The Labute approximate surface area is 113 Å². The van der Waals surface area contributed by atoms with Crippen LogP contribution in [0.4, 0.5) is 11.4 Å². The van der Waals surface area contributed by atoms with Crippen LogP contribution in [0.25, 0.3) is 0 Å². The standard InChI is InChI=1S/C16H18N2O/c1-19-11-12-3-2-4-16(7-12)18-9-13-5-6-15(17)8-14(13)10-18/h2-8H,9-11,17H2,1H3. The first kappa shape index (κ1) is 12.1. The molecule has 0 unspecified atom stereocenters. The Kier molecular flexibility index (Phi) is 3.13. The maximum Gasteiger partial charge on any atom is 0.0713 e. The van der Waals surface area contributed by atoms with Gasteiger partial charge in [-0.05, 0) is 41.0 Å². The van der Waals surface area contributed by atoms with Gasteiger partial charge in [-0.15, -0.1) is 0 Å². The monoisotopic (exact) mass is 254 g/mol. The first-order chi connectivity index (χ1) is 9.26. The summed E-state index contributed by atoms with van der Waals surface area (Å²) in [7, 11) is 1.72. The van der Waals surface area contributed by atoms with Gasteiger partial charge in [0.25, 0.3) is 0 Å². The van der Waals surface area contributed by atoms with E-state index < -0.39 is 0 Å². The minimum absolute atomic E-state index is 0.654. The molecule has 0 fully saturated rings. The predicted octanol–water partition coefficient (Wildman–Crippen LogP) is 2.94. The Bertz CT molecular complexity index is 595. The lowest BCUT2D eigenvalue weighted by atomic mass is 10.1. The molecule has 0 saturated heterocycles. The number of fused-ring (bicyclic) bond motifs is 1. The summed E-state index contributed by atoms with van der Waals surface area (Å²) in [5, 5.41) is 0. The summed E-state index contributed by atoms with van der Waals surface area (Å²) in [6.45, 7) is 2.53. The smallest absolute Gasteiger partial charge is 0.0713 e. The molecule has 2 aromatic rings. The maximum absolute atomic E-state index is 5.84. The van der Waals surface area contributed by atoms with Crippen LogP contribution in [0.5, 0.6) is 0 Å². The second-order valence-corrected chi connectivity index (χ2v) is 4.99. The third-order valence-electron chi connectivity index (χ3n) is 3.54. The fourth-order valence-corrected chi connectivity index (χ4v) is 2.61. The second kappa shape index (κ2) is 4.94. The van der Waals surface area contributed by atoms with E-state index in [-0.39, 0.29) is 0 Å². The molecule has 19 heavy (non-hydrogen) atoms. The van der Waals surface area contributed by atoms with Gasteiger partial charge >= 0.3 is 0 Å². The molecule has 2 N–H and O–H groups in total. The van der Waals surface area contributed by atoms with Gasteiger partial charge < -0.3 is 15.4 Å². The largest absolute Gasteiger partial charge is 0.399 e. The normalized spacial score (nSPS) is 13.6. The summed E-state index contributed by atoms with van der Waals surface area (Å²) in [5.74, 6) is 0. The molecule has 98 valence electrons. The van der Waals surface area contributed by atoms with Crippen LogP contribution in [0.2, 0.25) is 0 Å². The van der Waals surface area contributed by atoms with Crippen LogP contribution in [0.3, 0.4) is 0 Å². The summed E-state index contributed by atoms with van der Waals surface area (Å²) < 4.78 is 5.19. The highest BCUT2D eigenvalue weighted by Gasteiger charge is 2.19. The van der Waals surface area contributed by atoms with Crippen molar-refractivity contribution in [2.75, 3.05) is 17.7 Å². The molecule has 1 heterocycles. The van der Waals surface area contributed by atoms with E-state index in [0.717, 1.165) is 18.8 Å². The second-order valence-electron chi connectivity index (χ2n) is 4.99. The van der Waals surface area contributed by atoms with Crippen molar-refractivity contribution in [3.05, 3.63) is 59.2 Å². The van der Waals surface area contributed by atoms with Gasteiger partial charge in [0.1, 0.15) is 0 Å². The van der Waals surface area contributed by atoms with E-state index in [2.05, 4.69) is 41.3 Å². The highest BCUT2D eigenvalue weighted by atomic mass is 16.5. The fraction of sp³-hybridized carbons (Fsp3) is 0.250. The fourth-order valence-electron chi connectivity index (χ4n) is 2.61. The first-order valence-corrected chi connectivity index (χ1v) is 6.46. The number of nitrogens with zero attached hydrogens (tertiary/aromatic N) is 1. The van der Waals surface area contributed by atoms with E-state index in [4.69, 9.17) is 10.5 Å². The lowest BCUT2D eigenvalue weighted by Crippen LogP contribution is -2.14. The van der Waals surface area contributed by atoms with Gasteiger partial charge in [0, 0.05) is 31.6 Å². The summed E-state index contributed by atoms with van der Waals surface area (Å²) in [4.78, 5) is 2.36. The molecular formula is C16H18N2O. The Balaban J connectivity index is 1.84. The average Bonchev–Trinajstić information content (AvgIpc) is 2.82. The minimum Gasteiger partial charge on any atom is -0.399 e. The van der Waals surface area contributed by atoms with Crippen LogP contribution in [0.1, 0.15) is 16.7 Å². The Hall–Kier alpha value is -2.00. The quantitative estimate of drug-likeness (QED) is 0.856. The van der Waals surface area contributed by atoms with Crippen molar-refractivity contribution in [2.24, 2.45) is 0 Å². The van der Waals surface area contributed by atoms with E-state index in [0.29, 0.717) is 6.61 Å². The molecule has 0 radical (unpaired) electrons. The topological polar surface area (TPSA) is 38.5 Å². The van der Waals surface area contributed by atoms with Gasteiger partial charge in [-0.25, -0.2) is 0 Å². The molecule has 0 atom stereocenters. The van der Waals surface area contributed by atoms with Crippen molar-refractivity contribution in [1.29, 1.82) is 0 Å². The molecule has 1 aliphatic heterocycles. The van der Waals surface area contributed by atoms with Crippen LogP contribution < -0.4 is 10.6 Å². The lowest BCUT2D eigenvalue weighted by molar-refractivity contribution is 0.185. The van der Waals surface area contributed by atoms with Gasteiger partial charge in [-0.1, -0.05) is 18.2 Å². The van der Waals surface area contributed by atoms with Gasteiger partial charge in [0.05, 0.1) is 6.61 Å². The molecule has 3 nitrogen and oxygen atoms in total. The predicted molar refractivity (Wildman–Crippen MR) is 77.9 cm³/mol. The van der Waals surface area contributed by atoms with Gasteiger partial charge in [-0.3, -0.25) is 0 Å². The molecule has 0 aromatic heterocycles. The molecule has 0 amide bonds. The zero-order valence-electron chi connectivity index (χ0n) is 11.1. The highest BCUT2D eigenvalue weighted by Crippen LogP contribution is 2.29. The van der Waals surface area contributed by atoms with Gasteiger partial charge in [0.2, 0.25) is 0 Å². The molecule has 0 saturated carbocycles. The Morgan fingerprint density at radius 3 is 2.79 bits per heavy atom. The van der Waals surface area contributed by atoms with Crippen molar-refractivity contribution in [3.8, 4) is 0 Å².